The van der Waals surface area contributed by atoms with E-state index < -0.39 is 18.4 Å². The summed E-state index contributed by atoms with van der Waals surface area (Å²) in [5.74, 6) is -3.53. The highest BCUT2D eigenvalue weighted by atomic mass is 19.4. The molecule has 0 aliphatic carbocycles. The van der Waals surface area contributed by atoms with Crippen molar-refractivity contribution in [3.8, 4) is 0 Å². The van der Waals surface area contributed by atoms with E-state index in [9.17, 15) is 23.1 Å². The average molecular weight is 407 g/mol. The molecule has 2 aromatic carbocycles. The van der Waals surface area contributed by atoms with Gasteiger partial charge in [-0.3, -0.25) is 4.79 Å². The monoisotopic (exact) mass is 407 g/mol. The van der Waals surface area contributed by atoms with E-state index in [1.165, 1.54) is 0 Å². The molecule has 1 atom stereocenters. The molecule has 1 heterocycles. The van der Waals surface area contributed by atoms with Crippen LogP contribution >= 0.6 is 0 Å². The molecule has 6 nitrogen and oxygen atoms in total. The number of alkyl halides is 3. The second-order valence-electron chi connectivity index (χ2n) is 6.91. The first-order valence-corrected chi connectivity index (χ1v) is 8.78. The highest BCUT2D eigenvalue weighted by Crippen LogP contribution is 2.38. The Labute approximate surface area is 165 Å². The van der Waals surface area contributed by atoms with Gasteiger partial charge in [-0.1, -0.05) is 29.4 Å². The maximum Gasteiger partial charge on any atom is 0.458 e. The third-order valence-electron chi connectivity index (χ3n) is 4.54. The lowest BCUT2D eigenvalue weighted by molar-refractivity contribution is -0.355. The lowest BCUT2D eigenvalue weighted by Gasteiger charge is -2.22. The Balaban J connectivity index is 1.58. The smallest absolute Gasteiger partial charge is 0.378 e. The van der Waals surface area contributed by atoms with Gasteiger partial charge in [0.2, 0.25) is 0 Å². The number of rotatable bonds is 5. The minimum Gasteiger partial charge on any atom is -0.378 e. The summed E-state index contributed by atoms with van der Waals surface area (Å²) in [7, 11) is 3.82. The lowest BCUT2D eigenvalue weighted by atomic mass is 10.0. The molecule has 0 radical (unpaired) electrons. The number of amides is 1. The van der Waals surface area contributed by atoms with Gasteiger partial charge in [-0.05, 0) is 35.4 Å². The van der Waals surface area contributed by atoms with Crippen molar-refractivity contribution in [2.75, 3.05) is 19.0 Å². The maximum absolute atomic E-state index is 12.8. The molecule has 0 saturated heterocycles. The number of hydrogen-bond donors (Lipinski definition) is 2. The Kier molecular flexibility index (Phi) is 5.52. The molecule has 0 saturated carbocycles. The van der Waals surface area contributed by atoms with Crippen LogP contribution in [0.4, 0.5) is 18.9 Å². The van der Waals surface area contributed by atoms with Gasteiger partial charge in [0.15, 0.2) is 0 Å². The summed E-state index contributed by atoms with van der Waals surface area (Å²) in [6, 6.07) is 13.6. The second kappa shape index (κ2) is 7.75. The predicted molar refractivity (Wildman–Crippen MR) is 102 cm³/mol. The molecule has 0 bridgehead atoms. The number of hydrogen-bond acceptors (Lipinski definition) is 5. The zero-order chi connectivity index (χ0) is 21.2. The van der Waals surface area contributed by atoms with Gasteiger partial charge < -0.3 is 20.2 Å². The van der Waals surface area contributed by atoms with Crippen molar-refractivity contribution in [1.29, 1.82) is 0 Å². The molecule has 1 unspecified atom stereocenters. The van der Waals surface area contributed by atoms with Gasteiger partial charge >= 0.3 is 12.0 Å². The normalized spacial score (nSPS) is 18.8. The van der Waals surface area contributed by atoms with Crippen LogP contribution in [0, 0.1) is 0 Å². The van der Waals surface area contributed by atoms with Gasteiger partial charge in [0.05, 0.1) is 12.1 Å². The molecule has 9 heteroatoms. The number of anilines is 1. The van der Waals surface area contributed by atoms with Crippen LogP contribution < -0.4 is 10.2 Å². The van der Waals surface area contributed by atoms with Crippen molar-refractivity contribution >= 4 is 17.3 Å². The molecule has 2 aromatic rings. The standard InChI is InChI=1S/C20H20F3N3O3/c1-26(2)16-9-7-15(8-10-16)18(27)24-12-13-3-5-14(6-4-13)17-11-19(28,29-25-17)20(21,22)23/h3-10,28H,11-12H2,1-2H3,(H,24,27). The van der Waals surface area contributed by atoms with Crippen LogP contribution in [0.2, 0.25) is 0 Å². The first-order chi connectivity index (χ1) is 13.6. The number of aliphatic hydroxyl groups is 1. The highest BCUT2D eigenvalue weighted by Gasteiger charge is 2.60. The molecule has 154 valence electrons. The van der Waals surface area contributed by atoms with E-state index in [0.29, 0.717) is 11.1 Å². The summed E-state index contributed by atoms with van der Waals surface area (Å²) >= 11 is 0. The van der Waals surface area contributed by atoms with E-state index in [1.54, 1.807) is 36.4 Å². The summed E-state index contributed by atoms with van der Waals surface area (Å²) in [6.45, 7) is 0.254. The third-order valence-corrected chi connectivity index (χ3v) is 4.54. The van der Waals surface area contributed by atoms with Crippen LogP contribution in [0.25, 0.3) is 0 Å². The zero-order valence-corrected chi connectivity index (χ0v) is 15.8. The van der Waals surface area contributed by atoms with Crippen LogP contribution in [0.3, 0.4) is 0 Å². The van der Waals surface area contributed by atoms with Crippen LogP contribution in [0.5, 0.6) is 0 Å². The van der Waals surface area contributed by atoms with E-state index in [0.717, 1.165) is 11.3 Å². The molecule has 1 aliphatic heterocycles. The number of benzene rings is 2. The van der Waals surface area contributed by atoms with Crippen LogP contribution in [0.1, 0.15) is 27.9 Å². The van der Waals surface area contributed by atoms with Gasteiger partial charge in [-0.15, -0.1) is 0 Å². The Morgan fingerprint density at radius 1 is 1.17 bits per heavy atom. The van der Waals surface area contributed by atoms with E-state index in [1.807, 2.05) is 31.1 Å². The van der Waals surface area contributed by atoms with Crippen molar-refractivity contribution in [1.82, 2.24) is 5.32 Å². The molecule has 1 aliphatic rings. The van der Waals surface area contributed by atoms with Gasteiger partial charge in [0, 0.05) is 31.9 Å². The summed E-state index contributed by atoms with van der Waals surface area (Å²) < 4.78 is 38.4. The SMILES string of the molecule is CN(C)c1ccc(C(=O)NCc2ccc(C3=NOC(O)(C(F)(F)F)C3)cc2)cc1. The molecular formula is C20H20F3N3O3. The predicted octanol–water partition coefficient (Wildman–Crippen LogP) is 3.06. The molecule has 0 fully saturated rings. The first-order valence-electron chi connectivity index (χ1n) is 8.78. The highest BCUT2D eigenvalue weighted by molar-refractivity contribution is 6.01. The topological polar surface area (TPSA) is 74.2 Å². The summed E-state index contributed by atoms with van der Waals surface area (Å²) in [5, 5.41) is 15.7. The second-order valence-corrected chi connectivity index (χ2v) is 6.91. The first kappa shape index (κ1) is 20.7. The van der Waals surface area contributed by atoms with Crippen LogP contribution in [-0.2, 0) is 11.4 Å². The number of nitrogens with zero attached hydrogens (tertiary/aromatic N) is 2. The van der Waals surface area contributed by atoms with Crippen LogP contribution in [-0.4, -0.2) is 42.8 Å². The molecule has 1 amide bonds. The van der Waals surface area contributed by atoms with E-state index >= 15 is 0 Å². The number of oxime groups is 1. The minimum atomic E-state index is -4.94. The number of nitrogens with one attached hydrogen (secondary N) is 1. The van der Waals surface area contributed by atoms with Gasteiger partial charge in [-0.2, -0.15) is 13.2 Å². The maximum atomic E-state index is 12.8. The van der Waals surface area contributed by atoms with Crippen LogP contribution in [0.15, 0.2) is 53.7 Å². The lowest BCUT2D eigenvalue weighted by Crippen LogP contribution is -2.45. The van der Waals surface area contributed by atoms with Crippen molar-refractivity contribution in [3.05, 3.63) is 65.2 Å². The quantitative estimate of drug-likeness (QED) is 0.799. The summed E-state index contributed by atoms with van der Waals surface area (Å²) in [4.78, 5) is 18.4. The molecule has 29 heavy (non-hydrogen) atoms. The largest absolute Gasteiger partial charge is 0.458 e. The number of carbonyl (C=O) groups excluding carboxylic acids is 1. The molecule has 2 N–H and O–H groups in total. The van der Waals surface area contributed by atoms with Gasteiger partial charge in [0.1, 0.15) is 0 Å². The van der Waals surface area contributed by atoms with E-state index in [-0.39, 0.29) is 18.2 Å². The fraction of sp³-hybridized carbons (Fsp3) is 0.300. The third kappa shape index (κ3) is 4.51. The Hall–Kier alpha value is -3.07. The van der Waals surface area contributed by atoms with Crippen molar-refractivity contribution in [2.24, 2.45) is 5.16 Å². The number of carbonyl (C=O) groups is 1. The van der Waals surface area contributed by atoms with E-state index in [2.05, 4.69) is 15.3 Å². The van der Waals surface area contributed by atoms with E-state index in [4.69, 9.17) is 0 Å². The Bertz CT molecular complexity index is 909. The van der Waals surface area contributed by atoms with Gasteiger partial charge in [0.25, 0.3) is 5.91 Å². The molecule has 3 rings (SSSR count). The Morgan fingerprint density at radius 2 is 1.79 bits per heavy atom. The van der Waals surface area contributed by atoms with Crippen molar-refractivity contribution in [2.45, 2.75) is 24.9 Å². The molecule has 0 spiro atoms. The average Bonchev–Trinajstić information content (AvgIpc) is 3.10. The van der Waals surface area contributed by atoms with Crippen molar-refractivity contribution < 1.29 is 27.9 Å². The fourth-order valence-corrected chi connectivity index (χ4v) is 2.74. The zero-order valence-electron chi connectivity index (χ0n) is 15.8. The fourth-order valence-electron chi connectivity index (χ4n) is 2.74. The van der Waals surface area contributed by atoms with Gasteiger partial charge in [-0.25, -0.2) is 0 Å². The summed E-state index contributed by atoms with van der Waals surface area (Å²) in [6.07, 6.45) is -5.72. The minimum absolute atomic E-state index is 0.00129. The van der Waals surface area contributed by atoms with Crippen molar-refractivity contribution in [3.63, 3.8) is 0 Å². The number of halogens is 3. The molecular weight excluding hydrogens is 387 g/mol. The summed E-state index contributed by atoms with van der Waals surface area (Å²) in [5.41, 5.74) is 2.67. The Morgan fingerprint density at radius 3 is 2.31 bits per heavy atom. The molecule has 0 aromatic heterocycles.